The summed E-state index contributed by atoms with van der Waals surface area (Å²) < 4.78 is 0. The third-order valence-electron chi connectivity index (χ3n) is 2.47. The summed E-state index contributed by atoms with van der Waals surface area (Å²) in [6.07, 6.45) is 1.47. The standard InChI is InChI=1S/C11H13N5O2/c12-8(4-10(13)17)11(18)15-7-1-2-9-6(3-7)5-14-16-9/h1-3,5,8H,4,12H2,(H2,13,17)(H,14,16)(H,15,18)/t8-/m0/s1. The highest BCUT2D eigenvalue weighted by atomic mass is 16.2. The minimum atomic E-state index is -0.942. The van der Waals surface area contributed by atoms with Gasteiger partial charge in [0.25, 0.3) is 0 Å². The molecule has 2 aromatic rings. The van der Waals surface area contributed by atoms with Crippen LogP contribution in [0, 0.1) is 0 Å². The topological polar surface area (TPSA) is 127 Å². The van der Waals surface area contributed by atoms with Crippen LogP contribution in [0.5, 0.6) is 0 Å². The minimum absolute atomic E-state index is 0.181. The monoisotopic (exact) mass is 247 g/mol. The second-order valence-electron chi connectivity index (χ2n) is 3.94. The van der Waals surface area contributed by atoms with Gasteiger partial charge in [0, 0.05) is 11.1 Å². The maximum atomic E-state index is 11.7. The Morgan fingerprint density at radius 1 is 1.44 bits per heavy atom. The van der Waals surface area contributed by atoms with Crippen LogP contribution in [0.3, 0.4) is 0 Å². The van der Waals surface area contributed by atoms with Gasteiger partial charge in [-0.2, -0.15) is 5.10 Å². The molecule has 2 rings (SSSR count). The number of anilines is 1. The van der Waals surface area contributed by atoms with Crippen molar-refractivity contribution in [1.29, 1.82) is 0 Å². The Balaban J connectivity index is 2.08. The number of primary amides is 1. The second kappa shape index (κ2) is 4.84. The van der Waals surface area contributed by atoms with Crippen LogP contribution in [-0.2, 0) is 9.59 Å². The van der Waals surface area contributed by atoms with E-state index in [0.29, 0.717) is 5.69 Å². The average Bonchev–Trinajstić information content (AvgIpc) is 2.75. The summed E-state index contributed by atoms with van der Waals surface area (Å²) in [5.41, 5.74) is 12.0. The van der Waals surface area contributed by atoms with E-state index in [0.717, 1.165) is 10.9 Å². The number of hydrogen-bond donors (Lipinski definition) is 4. The molecule has 1 atom stereocenters. The molecule has 7 heteroatoms. The lowest BCUT2D eigenvalue weighted by atomic mass is 10.2. The fourth-order valence-corrected chi connectivity index (χ4v) is 1.56. The number of aromatic amines is 1. The molecule has 1 aromatic carbocycles. The number of nitrogens with zero attached hydrogens (tertiary/aromatic N) is 1. The van der Waals surface area contributed by atoms with Crippen LogP contribution in [0.2, 0.25) is 0 Å². The molecule has 0 saturated carbocycles. The molecule has 0 aliphatic heterocycles. The first-order chi connectivity index (χ1) is 8.56. The third-order valence-corrected chi connectivity index (χ3v) is 2.47. The first-order valence-electron chi connectivity index (χ1n) is 5.34. The van der Waals surface area contributed by atoms with Gasteiger partial charge in [-0.25, -0.2) is 0 Å². The summed E-state index contributed by atoms with van der Waals surface area (Å²) in [5, 5.41) is 10.2. The van der Waals surface area contributed by atoms with E-state index in [4.69, 9.17) is 11.5 Å². The summed E-state index contributed by atoms with van der Waals surface area (Å²) in [5.74, 6) is -1.06. The molecule has 0 radical (unpaired) electrons. The van der Waals surface area contributed by atoms with Gasteiger partial charge in [-0.05, 0) is 18.2 Å². The van der Waals surface area contributed by atoms with Gasteiger partial charge >= 0.3 is 0 Å². The van der Waals surface area contributed by atoms with E-state index in [9.17, 15) is 9.59 Å². The first kappa shape index (κ1) is 12.1. The minimum Gasteiger partial charge on any atom is -0.370 e. The summed E-state index contributed by atoms with van der Waals surface area (Å²) in [4.78, 5) is 22.3. The molecular formula is C11H13N5O2. The predicted molar refractivity (Wildman–Crippen MR) is 66.5 cm³/mol. The van der Waals surface area contributed by atoms with Crippen molar-refractivity contribution in [3.63, 3.8) is 0 Å². The van der Waals surface area contributed by atoms with Crippen LogP contribution in [0.4, 0.5) is 5.69 Å². The number of benzene rings is 1. The number of fused-ring (bicyclic) bond motifs is 1. The van der Waals surface area contributed by atoms with Gasteiger partial charge in [0.05, 0.1) is 24.2 Å². The Morgan fingerprint density at radius 2 is 2.22 bits per heavy atom. The zero-order valence-corrected chi connectivity index (χ0v) is 9.51. The molecule has 94 valence electrons. The van der Waals surface area contributed by atoms with E-state index in [-0.39, 0.29) is 6.42 Å². The fourth-order valence-electron chi connectivity index (χ4n) is 1.56. The molecule has 18 heavy (non-hydrogen) atoms. The Bertz CT molecular complexity index is 592. The van der Waals surface area contributed by atoms with Gasteiger partial charge in [0.1, 0.15) is 0 Å². The highest BCUT2D eigenvalue weighted by molar-refractivity contribution is 5.98. The molecule has 0 unspecified atom stereocenters. The van der Waals surface area contributed by atoms with Crippen LogP contribution in [-0.4, -0.2) is 28.1 Å². The Morgan fingerprint density at radius 3 is 2.94 bits per heavy atom. The molecule has 1 heterocycles. The van der Waals surface area contributed by atoms with Crippen molar-refractivity contribution >= 4 is 28.4 Å². The zero-order chi connectivity index (χ0) is 13.1. The molecule has 6 N–H and O–H groups in total. The van der Waals surface area contributed by atoms with E-state index >= 15 is 0 Å². The van der Waals surface area contributed by atoms with Crippen molar-refractivity contribution in [3.8, 4) is 0 Å². The van der Waals surface area contributed by atoms with Crippen molar-refractivity contribution < 1.29 is 9.59 Å². The number of amides is 2. The highest BCUT2D eigenvalue weighted by Crippen LogP contribution is 2.16. The average molecular weight is 247 g/mol. The Kier molecular flexibility index (Phi) is 3.24. The summed E-state index contributed by atoms with van der Waals surface area (Å²) in [6.45, 7) is 0. The number of aromatic nitrogens is 2. The van der Waals surface area contributed by atoms with Crippen LogP contribution in [0.15, 0.2) is 24.4 Å². The van der Waals surface area contributed by atoms with E-state index in [1.54, 1.807) is 24.4 Å². The molecule has 0 spiro atoms. The number of carbonyl (C=O) groups excluding carboxylic acids is 2. The SMILES string of the molecule is NC(=O)C[C@H](N)C(=O)Nc1ccc2[nH]ncc2c1. The molecule has 0 saturated heterocycles. The normalized spacial score (nSPS) is 12.3. The van der Waals surface area contributed by atoms with E-state index < -0.39 is 17.9 Å². The molecule has 0 bridgehead atoms. The van der Waals surface area contributed by atoms with E-state index in [1.807, 2.05) is 0 Å². The van der Waals surface area contributed by atoms with Crippen molar-refractivity contribution in [3.05, 3.63) is 24.4 Å². The number of H-pyrrole nitrogens is 1. The molecule has 0 aliphatic rings. The number of hydrogen-bond acceptors (Lipinski definition) is 4. The van der Waals surface area contributed by atoms with Gasteiger partial charge < -0.3 is 16.8 Å². The van der Waals surface area contributed by atoms with Crippen molar-refractivity contribution in [2.45, 2.75) is 12.5 Å². The van der Waals surface area contributed by atoms with Crippen molar-refractivity contribution in [2.75, 3.05) is 5.32 Å². The van der Waals surface area contributed by atoms with Gasteiger partial charge in [-0.3, -0.25) is 14.7 Å². The lowest BCUT2D eigenvalue weighted by Crippen LogP contribution is -2.38. The maximum absolute atomic E-state index is 11.7. The van der Waals surface area contributed by atoms with Crippen molar-refractivity contribution in [1.82, 2.24) is 10.2 Å². The third kappa shape index (κ3) is 2.64. The van der Waals surface area contributed by atoms with Crippen LogP contribution in [0.25, 0.3) is 10.9 Å². The Hall–Kier alpha value is -2.41. The summed E-state index contributed by atoms with van der Waals surface area (Å²) in [6, 6.07) is 4.32. The first-order valence-corrected chi connectivity index (χ1v) is 5.34. The lowest BCUT2D eigenvalue weighted by Gasteiger charge is -2.10. The summed E-state index contributed by atoms with van der Waals surface area (Å²) >= 11 is 0. The molecule has 0 fully saturated rings. The van der Waals surface area contributed by atoms with Gasteiger partial charge in [-0.15, -0.1) is 0 Å². The summed E-state index contributed by atoms with van der Waals surface area (Å²) in [7, 11) is 0. The molecule has 7 nitrogen and oxygen atoms in total. The number of rotatable bonds is 4. The van der Waals surface area contributed by atoms with E-state index in [1.165, 1.54) is 0 Å². The van der Waals surface area contributed by atoms with Crippen molar-refractivity contribution in [2.24, 2.45) is 11.5 Å². The quantitative estimate of drug-likeness (QED) is 0.591. The molecule has 2 amide bonds. The van der Waals surface area contributed by atoms with Crippen LogP contribution in [0.1, 0.15) is 6.42 Å². The molecule has 1 aromatic heterocycles. The number of nitrogens with two attached hydrogens (primary N) is 2. The predicted octanol–water partition coefficient (Wildman–Crippen LogP) is -0.296. The van der Waals surface area contributed by atoms with Gasteiger partial charge in [-0.1, -0.05) is 0 Å². The van der Waals surface area contributed by atoms with E-state index in [2.05, 4.69) is 15.5 Å². The Labute approximate surface area is 103 Å². The van der Waals surface area contributed by atoms with Gasteiger partial charge in [0.15, 0.2) is 0 Å². The smallest absolute Gasteiger partial charge is 0.241 e. The fraction of sp³-hybridized carbons (Fsp3) is 0.182. The number of nitrogens with one attached hydrogen (secondary N) is 2. The lowest BCUT2D eigenvalue weighted by molar-refractivity contribution is -0.123. The second-order valence-corrected chi connectivity index (χ2v) is 3.94. The van der Waals surface area contributed by atoms with Crippen LogP contribution < -0.4 is 16.8 Å². The highest BCUT2D eigenvalue weighted by Gasteiger charge is 2.16. The van der Waals surface area contributed by atoms with Gasteiger partial charge in [0.2, 0.25) is 11.8 Å². The maximum Gasteiger partial charge on any atom is 0.241 e. The van der Waals surface area contributed by atoms with Crippen LogP contribution >= 0.6 is 0 Å². The zero-order valence-electron chi connectivity index (χ0n) is 9.51. The largest absolute Gasteiger partial charge is 0.370 e. The molecular weight excluding hydrogens is 234 g/mol. The molecule has 0 aliphatic carbocycles. The number of carbonyl (C=O) groups is 2.